The van der Waals surface area contributed by atoms with Crippen LogP contribution in [-0.2, 0) is 9.59 Å². The Morgan fingerprint density at radius 3 is 2.55 bits per heavy atom. The highest BCUT2D eigenvalue weighted by Gasteiger charge is 2.26. The standard InChI is InChI=1S/C15H18N2O5/c1-10(18)22-13-4-2-3-12(9-13)16-15(21)17-7-5-11(6-8-17)14(19)20/h2-4,9,11H,5-8H2,1H3,(H,16,21)(H,19,20). The van der Waals surface area contributed by atoms with Gasteiger partial charge in [-0.3, -0.25) is 9.59 Å². The number of carbonyl (C=O) groups is 3. The highest BCUT2D eigenvalue weighted by atomic mass is 16.5. The van der Waals surface area contributed by atoms with Crippen LogP contribution in [0.15, 0.2) is 24.3 Å². The minimum absolute atomic E-state index is 0.288. The third kappa shape index (κ3) is 4.21. The van der Waals surface area contributed by atoms with Crippen LogP contribution >= 0.6 is 0 Å². The first-order valence-corrected chi connectivity index (χ1v) is 7.03. The number of amides is 2. The Bertz CT molecular complexity index is 579. The van der Waals surface area contributed by atoms with Crippen molar-refractivity contribution in [2.24, 2.45) is 5.92 Å². The first kappa shape index (κ1) is 15.8. The van der Waals surface area contributed by atoms with Crippen LogP contribution in [0, 0.1) is 5.92 Å². The van der Waals surface area contributed by atoms with Crippen LogP contribution in [0.2, 0.25) is 0 Å². The summed E-state index contributed by atoms with van der Waals surface area (Å²) in [6, 6.07) is 6.25. The van der Waals surface area contributed by atoms with Crippen molar-refractivity contribution in [3.63, 3.8) is 0 Å². The molecule has 7 nitrogen and oxygen atoms in total. The van der Waals surface area contributed by atoms with Crippen molar-refractivity contribution in [1.29, 1.82) is 0 Å². The molecular formula is C15H18N2O5. The van der Waals surface area contributed by atoms with Crippen molar-refractivity contribution in [1.82, 2.24) is 4.90 Å². The quantitative estimate of drug-likeness (QED) is 0.657. The molecule has 2 rings (SSSR count). The number of piperidine rings is 1. The molecule has 0 aliphatic carbocycles. The smallest absolute Gasteiger partial charge is 0.321 e. The molecule has 118 valence electrons. The first-order chi connectivity index (χ1) is 10.5. The Morgan fingerprint density at radius 1 is 1.27 bits per heavy atom. The summed E-state index contributed by atoms with van der Waals surface area (Å²) in [4.78, 5) is 35.5. The number of hydrogen-bond acceptors (Lipinski definition) is 4. The lowest BCUT2D eigenvalue weighted by molar-refractivity contribution is -0.143. The molecule has 0 bridgehead atoms. The number of carboxylic acid groups (broad SMARTS) is 1. The van der Waals surface area contributed by atoms with E-state index < -0.39 is 11.9 Å². The molecule has 1 aromatic rings. The summed E-state index contributed by atoms with van der Waals surface area (Å²) in [6.45, 7) is 2.12. The van der Waals surface area contributed by atoms with E-state index in [1.54, 1.807) is 29.2 Å². The third-order valence-corrected chi connectivity index (χ3v) is 3.48. The lowest BCUT2D eigenvalue weighted by atomic mass is 9.97. The summed E-state index contributed by atoms with van der Waals surface area (Å²) in [5.74, 6) is -1.26. The summed E-state index contributed by atoms with van der Waals surface area (Å²) >= 11 is 0. The number of aliphatic carboxylic acids is 1. The molecule has 2 N–H and O–H groups in total. The van der Waals surface area contributed by atoms with E-state index in [2.05, 4.69) is 5.32 Å². The van der Waals surface area contributed by atoms with E-state index >= 15 is 0 Å². The Labute approximate surface area is 127 Å². The van der Waals surface area contributed by atoms with Crippen LogP contribution in [0.25, 0.3) is 0 Å². The lowest BCUT2D eigenvalue weighted by Gasteiger charge is -2.30. The minimum Gasteiger partial charge on any atom is -0.481 e. The number of rotatable bonds is 3. The summed E-state index contributed by atoms with van der Waals surface area (Å²) in [7, 11) is 0. The highest BCUT2D eigenvalue weighted by Crippen LogP contribution is 2.20. The number of likely N-dealkylation sites (tertiary alicyclic amines) is 1. The van der Waals surface area contributed by atoms with Gasteiger partial charge in [0.1, 0.15) is 5.75 Å². The molecule has 0 atom stereocenters. The molecule has 22 heavy (non-hydrogen) atoms. The second kappa shape index (κ2) is 6.93. The van der Waals surface area contributed by atoms with Gasteiger partial charge in [0, 0.05) is 31.8 Å². The summed E-state index contributed by atoms with van der Waals surface area (Å²) < 4.78 is 4.95. The van der Waals surface area contributed by atoms with Crippen LogP contribution in [0.3, 0.4) is 0 Å². The van der Waals surface area contributed by atoms with Gasteiger partial charge in [-0.05, 0) is 25.0 Å². The maximum Gasteiger partial charge on any atom is 0.321 e. The number of carboxylic acids is 1. The zero-order chi connectivity index (χ0) is 16.1. The first-order valence-electron chi connectivity index (χ1n) is 7.03. The number of hydrogen-bond donors (Lipinski definition) is 2. The van der Waals surface area contributed by atoms with Gasteiger partial charge >= 0.3 is 18.0 Å². The van der Waals surface area contributed by atoms with E-state index in [0.29, 0.717) is 37.4 Å². The molecule has 7 heteroatoms. The highest BCUT2D eigenvalue weighted by molar-refractivity contribution is 5.89. The summed E-state index contributed by atoms with van der Waals surface area (Å²) in [5, 5.41) is 11.7. The predicted octanol–water partition coefficient (Wildman–Crippen LogP) is 1.94. The molecule has 0 unspecified atom stereocenters. The second-order valence-corrected chi connectivity index (χ2v) is 5.15. The Hall–Kier alpha value is -2.57. The average molecular weight is 306 g/mol. The number of esters is 1. The van der Waals surface area contributed by atoms with Crippen LogP contribution in [0.4, 0.5) is 10.5 Å². The maximum atomic E-state index is 12.1. The van der Waals surface area contributed by atoms with Gasteiger partial charge in [0.2, 0.25) is 0 Å². The molecule has 0 radical (unpaired) electrons. The van der Waals surface area contributed by atoms with Crippen molar-refractivity contribution in [3.05, 3.63) is 24.3 Å². The van der Waals surface area contributed by atoms with E-state index in [0.717, 1.165) is 0 Å². The zero-order valence-electron chi connectivity index (χ0n) is 12.2. The van der Waals surface area contributed by atoms with E-state index in [4.69, 9.17) is 9.84 Å². The molecule has 1 fully saturated rings. The van der Waals surface area contributed by atoms with Crippen LogP contribution < -0.4 is 10.1 Å². The lowest BCUT2D eigenvalue weighted by Crippen LogP contribution is -2.42. The number of benzene rings is 1. The number of urea groups is 1. The van der Waals surface area contributed by atoms with Crippen LogP contribution in [0.5, 0.6) is 5.75 Å². The second-order valence-electron chi connectivity index (χ2n) is 5.15. The number of anilines is 1. The molecule has 0 saturated carbocycles. The largest absolute Gasteiger partial charge is 0.481 e. The van der Waals surface area contributed by atoms with Crippen LogP contribution in [-0.4, -0.2) is 41.1 Å². The van der Waals surface area contributed by atoms with Gasteiger partial charge in [0.15, 0.2) is 0 Å². The summed E-state index contributed by atoms with van der Waals surface area (Å²) in [6.07, 6.45) is 0.909. The van der Waals surface area contributed by atoms with Gasteiger partial charge in [-0.25, -0.2) is 4.79 Å². The monoisotopic (exact) mass is 306 g/mol. The van der Waals surface area contributed by atoms with Gasteiger partial charge in [0.05, 0.1) is 5.92 Å². The number of nitrogens with one attached hydrogen (secondary N) is 1. The van der Waals surface area contributed by atoms with E-state index in [-0.39, 0.29) is 11.9 Å². The molecule has 0 spiro atoms. The van der Waals surface area contributed by atoms with Gasteiger partial charge in [-0.15, -0.1) is 0 Å². The Morgan fingerprint density at radius 2 is 1.95 bits per heavy atom. The Kier molecular flexibility index (Phi) is 4.98. The number of nitrogens with zero attached hydrogens (tertiary/aromatic N) is 1. The minimum atomic E-state index is -0.811. The van der Waals surface area contributed by atoms with Gasteiger partial charge in [0.25, 0.3) is 0 Å². The van der Waals surface area contributed by atoms with Gasteiger partial charge < -0.3 is 20.1 Å². The van der Waals surface area contributed by atoms with Gasteiger partial charge in [-0.2, -0.15) is 0 Å². The Balaban J connectivity index is 1.92. The van der Waals surface area contributed by atoms with Crippen molar-refractivity contribution >= 4 is 23.7 Å². The molecule has 1 aliphatic heterocycles. The van der Waals surface area contributed by atoms with E-state index in [9.17, 15) is 14.4 Å². The fourth-order valence-corrected chi connectivity index (χ4v) is 2.34. The fourth-order valence-electron chi connectivity index (χ4n) is 2.34. The maximum absolute atomic E-state index is 12.1. The van der Waals surface area contributed by atoms with Crippen molar-refractivity contribution in [2.45, 2.75) is 19.8 Å². The average Bonchev–Trinajstić information content (AvgIpc) is 2.47. The molecule has 1 aromatic carbocycles. The SMILES string of the molecule is CC(=O)Oc1cccc(NC(=O)N2CCC(C(=O)O)CC2)c1. The molecule has 2 amide bonds. The van der Waals surface area contributed by atoms with Crippen molar-refractivity contribution < 1.29 is 24.2 Å². The molecule has 1 saturated heterocycles. The molecular weight excluding hydrogens is 288 g/mol. The number of ether oxygens (including phenoxy) is 1. The van der Waals surface area contributed by atoms with E-state index in [1.165, 1.54) is 6.92 Å². The fraction of sp³-hybridized carbons (Fsp3) is 0.400. The topological polar surface area (TPSA) is 95.9 Å². The van der Waals surface area contributed by atoms with Crippen molar-refractivity contribution in [2.75, 3.05) is 18.4 Å². The molecule has 0 aromatic heterocycles. The molecule has 1 aliphatic rings. The normalized spacial score (nSPS) is 15.2. The van der Waals surface area contributed by atoms with E-state index in [1.807, 2.05) is 0 Å². The summed E-state index contributed by atoms with van der Waals surface area (Å²) in [5.41, 5.74) is 0.518. The van der Waals surface area contributed by atoms with Crippen LogP contribution in [0.1, 0.15) is 19.8 Å². The third-order valence-electron chi connectivity index (χ3n) is 3.48. The zero-order valence-corrected chi connectivity index (χ0v) is 12.2. The number of carbonyl (C=O) groups excluding carboxylic acids is 2. The van der Waals surface area contributed by atoms with Gasteiger partial charge in [-0.1, -0.05) is 6.07 Å². The van der Waals surface area contributed by atoms with Crippen molar-refractivity contribution in [3.8, 4) is 5.75 Å². The molecule has 1 heterocycles. The predicted molar refractivity (Wildman–Crippen MR) is 78.7 cm³/mol.